The lowest BCUT2D eigenvalue weighted by atomic mass is 9.85. The van der Waals surface area contributed by atoms with Crippen LogP contribution in [0.25, 0.3) is 0 Å². The maximum atomic E-state index is 12.7. The zero-order valence-electron chi connectivity index (χ0n) is 17.0. The molecule has 4 atom stereocenters. The number of ether oxygens (including phenoxy) is 2. The van der Waals surface area contributed by atoms with E-state index in [2.05, 4.69) is 5.10 Å². The van der Waals surface area contributed by atoms with Crippen molar-refractivity contribution in [2.24, 2.45) is 28.8 Å². The van der Waals surface area contributed by atoms with Crippen LogP contribution in [-0.2, 0) is 19.1 Å². The van der Waals surface area contributed by atoms with Gasteiger partial charge in [-0.15, -0.1) is 0 Å². The van der Waals surface area contributed by atoms with Gasteiger partial charge in [-0.3, -0.25) is 19.7 Å². The topological polar surface area (TPSA) is 128 Å². The number of carbonyl (C=O) groups excluding carboxylic acids is 3. The summed E-state index contributed by atoms with van der Waals surface area (Å²) in [4.78, 5) is 47.8. The maximum absolute atomic E-state index is 12.7. The number of nitro benzene ring substituents is 1. The van der Waals surface area contributed by atoms with Gasteiger partial charge in [0.05, 0.1) is 29.1 Å². The van der Waals surface area contributed by atoms with Gasteiger partial charge in [0.15, 0.2) is 6.61 Å². The Morgan fingerprint density at radius 2 is 1.90 bits per heavy atom. The normalized spacial score (nSPS) is 26.2. The Balaban J connectivity index is 1.55. The van der Waals surface area contributed by atoms with Crippen LogP contribution in [0, 0.1) is 33.8 Å². The Morgan fingerprint density at radius 3 is 2.48 bits per heavy atom. The molecule has 1 aromatic carbocycles. The Hall–Kier alpha value is -3.56. The molecule has 10 nitrogen and oxygen atoms in total. The highest BCUT2D eigenvalue weighted by molar-refractivity contribution is 6.07. The SMILES string of the molecule is CC(C)OC(=O)COc1ccc([N+](=O)[O-])cc1C=NN1C(=O)[C@@H]2[C@H](C1=O)[C@H]1C=C[C@H]2C1. The minimum atomic E-state index is -0.600. The van der Waals surface area contributed by atoms with E-state index in [0.717, 1.165) is 11.4 Å². The molecule has 0 radical (unpaired) electrons. The van der Waals surface area contributed by atoms with Crippen LogP contribution in [0.3, 0.4) is 0 Å². The number of hydrogen-bond acceptors (Lipinski definition) is 8. The number of rotatable bonds is 7. The number of fused-ring (bicyclic) bond motifs is 5. The van der Waals surface area contributed by atoms with Gasteiger partial charge in [0.1, 0.15) is 5.75 Å². The quantitative estimate of drug-likeness (QED) is 0.163. The number of allylic oxidation sites excluding steroid dienone is 2. The fourth-order valence-electron chi connectivity index (χ4n) is 4.44. The molecule has 0 spiro atoms. The van der Waals surface area contributed by atoms with Crippen LogP contribution in [0.1, 0.15) is 25.8 Å². The first-order valence-corrected chi connectivity index (χ1v) is 9.97. The van der Waals surface area contributed by atoms with Crippen molar-refractivity contribution < 1.29 is 28.8 Å². The molecule has 1 heterocycles. The summed E-state index contributed by atoms with van der Waals surface area (Å²) in [6.07, 6.45) is 5.62. The number of benzene rings is 1. The molecular weight excluding hydrogens is 406 g/mol. The van der Waals surface area contributed by atoms with Crippen molar-refractivity contribution >= 4 is 29.7 Å². The van der Waals surface area contributed by atoms with Gasteiger partial charge in [0, 0.05) is 17.7 Å². The van der Waals surface area contributed by atoms with Crippen molar-refractivity contribution in [3.63, 3.8) is 0 Å². The van der Waals surface area contributed by atoms with Crippen molar-refractivity contribution in [3.05, 3.63) is 46.0 Å². The molecule has 1 aliphatic heterocycles. The third-order valence-corrected chi connectivity index (χ3v) is 5.68. The molecule has 0 N–H and O–H groups in total. The number of hydrogen-bond donors (Lipinski definition) is 0. The van der Waals surface area contributed by atoms with Crippen molar-refractivity contribution in [2.75, 3.05) is 6.61 Å². The lowest BCUT2D eigenvalue weighted by Crippen LogP contribution is -2.28. The molecule has 1 aromatic rings. The summed E-state index contributed by atoms with van der Waals surface area (Å²) in [5.41, 5.74) is -0.0675. The van der Waals surface area contributed by atoms with Crippen molar-refractivity contribution in [1.82, 2.24) is 5.01 Å². The number of non-ortho nitro benzene ring substituents is 1. The number of carbonyl (C=O) groups is 3. The van der Waals surface area contributed by atoms with Crippen LogP contribution in [0.2, 0.25) is 0 Å². The van der Waals surface area contributed by atoms with Gasteiger partial charge < -0.3 is 9.47 Å². The molecule has 1 saturated heterocycles. The fourth-order valence-corrected chi connectivity index (χ4v) is 4.44. The number of imide groups is 1. The zero-order valence-corrected chi connectivity index (χ0v) is 17.0. The van der Waals surface area contributed by atoms with E-state index in [4.69, 9.17) is 9.47 Å². The molecule has 2 bridgehead atoms. The van der Waals surface area contributed by atoms with E-state index < -0.39 is 29.3 Å². The summed E-state index contributed by atoms with van der Waals surface area (Å²) in [6.45, 7) is 2.99. The largest absolute Gasteiger partial charge is 0.481 e. The van der Waals surface area contributed by atoms with Gasteiger partial charge in [-0.2, -0.15) is 10.1 Å². The highest BCUT2D eigenvalue weighted by Crippen LogP contribution is 2.52. The Bertz CT molecular complexity index is 986. The summed E-state index contributed by atoms with van der Waals surface area (Å²) < 4.78 is 10.4. The van der Waals surface area contributed by atoms with E-state index in [0.29, 0.717) is 0 Å². The summed E-state index contributed by atoms with van der Waals surface area (Å²) in [5.74, 6) is -1.88. The molecule has 3 aliphatic rings. The molecule has 10 heteroatoms. The number of amides is 2. The monoisotopic (exact) mass is 427 g/mol. The first kappa shape index (κ1) is 20.7. The van der Waals surface area contributed by atoms with Crippen molar-refractivity contribution in [1.29, 1.82) is 0 Å². The van der Waals surface area contributed by atoms with E-state index >= 15 is 0 Å². The minimum absolute atomic E-state index is 0.0512. The van der Waals surface area contributed by atoms with Crippen LogP contribution >= 0.6 is 0 Å². The molecule has 31 heavy (non-hydrogen) atoms. The molecule has 0 unspecified atom stereocenters. The predicted octanol–water partition coefficient (Wildman–Crippen LogP) is 2.07. The Morgan fingerprint density at radius 1 is 1.26 bits per heavy atom. The predicted molar refractivity (Wildman–Crippen MR) is 107 cm³/mol. The fraction of sp³-hybridized carbons (Fsp3) is 0.429. The van der Waals surface area contributed by atoms with E-state index in [1.165, 1.54) is 24.4 Å². The lowest BCUT2D eigenvalue weighted by Gasteiger charge is -2.13. The van der Waals surface area contributed by atoms with Gasteiger partial charge in [-0.1, -0.05) is 12.2 Å². The summed E-state index contributed by atoms with van der Waals surface area (Å²) in [6, 6.07) is 3.75. The summed E-state index contributed by atoms with van der Waals surface area (Å²) >= 11 is 0. The van der Waals surface area contributed by atoms with Crippen LogP contribution < -0.4 is 4.74 Å². The standard InChI is InChI=1S/C21H21N3O7/c1-11(2)31-17(25)10-30-16-6-5-15(24(28)29)8-14(16)9-22-23-20(26)18-12-3-4-13(7-12)19(18)21(23)27/h3-6,8-9,11-13,18-19H,7,10H2,1-2H3/t12-,13-,18-,19+/m0/s1. The van der Waals surface area contributed by atoms with Gasteiger partial charge in [0.25, 0.3) is 17.5 Å². The first-order valence-electron chi connectivity index (χ1n) is 9.97. The molecule has 2 fully saturated rings. The van der Waals surface area contributed by atoms with Crippen molar-refractivity contribution in [3.8, 4) is 5.75 Å². The smallest absolute Gasteiger partial charge is 0.344 e. The number of hydrazone groups is 1. The van der Waals surface area contributed by atoms with E-state index in [9.17, 15) is 24.5 Å². The highest BCUT2D eigenvalue weighted by Gasteiger charge is 2.59. The second-order valence-electron chi connectivity index (χ2n) is 8.04. The second-order valence-corrected chi connectivity index (χ2v) is 8.04. The summed E-state index contributed by atoms with van der Waals surface area (Å²) in [7, 11) is 0. The molecule has 2 aliphatic carbocycles. The van der Waals surface area contributed by atoms with E-state index in [1.807, 2.05) is 12.2 Å². The Kier molecular flexibility index (Phi) is 5.30. The Labute approximate surface area is 177 Å². The number of nitrogens with zero attached hydrogens (tertiary/aromatic N) is 3. The molecule has 1 saturated carbocycles. The van der Waals surface area contributed by atoms with Crippen LogP contribution in [-0.4, -0.2) is 46.6 Å². The van der Waals surface area contributed by atoms with E-state index in [-0.39, 0.29) is 46.8 Å². The van der Waals surface area contributed by atoms with Gasteiger partial charge in [0.2, 0.25) is 0 Å². The highest BCUT2D eigenvalue weighted by atomic mass is 16.6. The van der Waals surface area contributed by atoms with Gasteiger partial charge in [-0.25, -0.2) is 4.79 Å². The van der Waals surface area contributed by atoms with Gasteiger partial charge >= 0.3 is 5.97 Å². The molecule has 4 rings (SSSR count). The van der Waals surface area contributed by atoms with Crippen LogP contribution in [0.5, 0.6) is 5.75 Å². The van der Waals surface area contributed by atoms with Crippen LogP contribution in [0.15, 0.2) is 35.5 Å². The first-order chi connectivity index (χ1) is 14.8. The lowest BCUT2D eigenvalue weighted by molar-refractivity contribution is -0.384. The van der Waals surface area contributed by atoms with E-state index in [1.54, 1.807) is 13.8 Å². The second kappa shape index (κ2) is 7.93. The molecular formula is C21H21N3O7. The third-order valence-electron chi connectivity index (χ3n) is 5.68. The molecule has 0 aromatic heterocycles. The number of nitro groups is 1. The third kappa shape index (κ3) is 3.80. The van der Waals surface area contributed by atoms with Crippen LogP contribution in [0.4, 0.5) is 5.69 Å². The molecule has 162 valence electrons. The van der Waals surface area contributed by atoms with Crippen molar-refractivity contribution in [2.45, 2.75) is 26.4 Å². The average Bonchev–Trinajstić information content (AvgIpc) is 3.39. The summed E-state index contributed by atoms with van der Waals surface area (Å²) in [5, 5.41) is 16.0. The average molecular weight is 427 g/mol. The number of esters is 1. The minimum Gasteiger partial charge on any atom is -0.481 e. The zero-order chi connectivity index (χ0) is 22.3. The maximum Gasteiger partial charge on any atom is 0.344 e. The molecule has 2 amide bonds. The van der Waals surface area contributed by atoms with Gasteiger partial charge in [-0.05, 0) is 38.2 Å².